The van der Waals surface area contributed by atoms with E-state index in [4.69, 9.17) is 9.47 Å². The lowest BCUT2D eigenvalue weighted by atomic mass is 10.00. The lowest BCUT2D eigenvalue weighted by Gasteiger charge is -2.45. The van der Waals surface area contributed by atoms with Crippen molar-refractivity contribution in [3.63, 3.8) is 0 Å². The van der Waals surface area contributed by atoms with Crippen LogP contribution in [0.2, 0.25) is 0 Å². The van der Waals surface area contributed by atoms with Gasteiger partial charge in [0.05, 0.1) is 12.2 Å². The van der Waals surface area contributed by atoms with Gasteiger partial charge in [0.2, 0.25) is 0 Å². The summed E-state index contributed by atoms with van der Waals surface area (Å²) in [6.07, 6.45) is 2.74. The molecule has 0 bridgehead atoms. The molecule has 1 aliphatic rings. The van der Waals surface area contributed by atoms with E-state index < -0.39 is 0 Å². The van der Waals surface area contributed by atoms with E-state index in [2.05, 4.69) is 48.2 Å². The second-order valence-corrected chi connectivity index (χ2v) is 7.23. The van der Waals surface area contributed by atoms with E-state index in [0.717, 1.165) is 58.2 Å². The molecule has 1 heterocycles. The van der Waals surface area contributed by atoms with Gasteiger partial charge in [-0.3, -0.25) is 9.89 Å². The molecule has 2 unspecified atom stereocenters. The third-order valence-corrected chi connectivity index (χ3v) is 4.40. The standard InChI is InChI=1S/C18H38N4O2.HI/c1-7-23-11-9-8-10-20-17(19-6)21-14-18(4,5)22-12-15(2)24-16(3)13-22;/h15-16H,7-14H2,1-6H3,(H2,19,20,21);1H. The van der Waals surface area contributed by atoms with Gasteiger partial charge in [-0.25, -0.2) is 0 Å². The first kappa shape index (κ1) is 24.9. The maximum atomic E-state index is 5.84. The van der Waals surface area contributed by atoms with E-state index in [-0.39, 0.29) is 41.7 Å². The van der Waals surface area contributed by atoms with Gasteiger partial charge in [-0.1, -0.05) is 0 Å². The van der Waals surface area contributed by atoms with E-state index in [1.54, 1.807) is 0 Å². The molecule has 0 radical (unpaired) electrons. The molecule has 1 fully saturated rings. The van der Waals surface area contributed by atoms with Gasteiger partial charge in [0.15, 0.2) is 5.96 Å². The molecule has 7 heteroatoms. The molecule has 0 aromatic carbocycles. The summed E-state index contributed by atoms with van der Waals surface area (Å²) in [7, 11) is 1.82. The summed E-state index contributed by atoms with van der Waals surface area (Å²) in [5, 5.41) is 6.84. The highest BCUT2D eigenvalue weighted by atomic mass is 127. The molecule has 1 saturated heterocycles. The second kappa shape index (κ2) is 13.1. The third-order valence-electron chi connectivity index (χ3n) is 4.40. The number of rotatable bonds is 9. The molecule has 150 valence electrons. The third kappa shape index (κ3) is 9.96. The largest absolute Gasteiger partial charge is 0.382 e. The van der Waals surface area contributed by atoms with Gasteiger partial charge in [-0.15, -0.1) is 24.0 Å². The van der Waals surface area contributed by atoms with Crippen LogP contribution in [0.5, 0.6) is 0 Å². The van der Waals surface area contributed by atoms with E-state index >= 15 is 0 Å². The lowest BCUT2D eigenvalue weighted by molar-refractivity contribution is -0.0946. The number of halogens is 1. The molecule has 2 N–H and O–H groups in total. The number of nitrogens with zero attached hydrogens (tertiary/aromatic N) is 2. The molecule has 0 saturated carbocycles. The Morgan fingerprint density at radius 3 is 2.40 bits per heavy atom. The van der Waals surface area contributed by atoms with Gasteiger partial charge in [0.25, 0.3) is 0 Å². The Labute approximate surface area is 171 Å². The average Bonchev–Trinajstić information content (AvgIpc) is 2.52. The summed E-state index contributed by atoms with van der Waals surface area (Å²) in [5.74, 6) is 0.869. The van der Waals surface area contributed by atoms with Crippen LogP contribution in [0.15, 0.2) is 4.99 Å². The number of unbranched alkanes of at least 4 members (excludes halogenated alkanes) is 1. The Hall–Kier alpha value is -0.120. The first-order valence-electron chi connectivity index (χ1n) is 9.31. The van der Waals surface area contributed by atoms with Crippen molar-refractivity contribution in [2.75, 3.05) is 46.4 Å². The van der Waals surface area contributed by atoms with Gasteiger partial charge in [0, 0.05) is 52.0 Å². The number of nitrogens with one attached hydrogen (secondary N) is 2. The molecule has 0 amide bonds. The molecule has 0 spiro atoms. The highest BCUT2D eigenvalue weighted by Gasteiger charge is 2.33. The Morgan fingerprint density at radius 2 is 1.84 bits per heavy atom. The van der Waals surface area contributed by atoms with E-state index in [0.29, 0.717) is 0 Å². The Balaban J connectivity index is 0.00000576. The number of guanidine groups is 1. The van der Waals surface area contributed by atoms with Crippen LogP contribution in [0.25, 0.3) is 0 Å². The van der Waals surface area contributed by atoms with Crippen LogP contribution in [0.4, 0.5) is 0 Å². The fourth-order valence-electron chi connectivity index (χ4n) is 2.98. The molecule has 1 rings (SSSR count). The van der Waals surface area contributed by atoms with Crippen molar-refractivity contribution in [3.05, 3.63) is 0 Å². The molecule has 0 aromatic heterocycles. The van der Waals surface area contributed by atoms with Crippen LogP contribution in [0, 0.1) is 0 Å². The Kier molecular flexibility index (Phi) is 13.0. The highest BCUT2D eigenvalue weighted by molar-refractivity contribution is 14.0. The molecular formula is C18H39IN4O2. The SMILES string of the molecule is CCOCCCCNC(=NC)NCC(C)(C)N1CC(C)OC(C)C1.I. The van der Waals surface area contributed by atoms with Gasteiger partial charge in [-0.05, 0) is 47.5 Å². The average molecular weight is 470 g/mol. The summed E-state index contributed by atoms with van der Waals surface area (Å²) in [6.45, 7) is 16.2. The predicted octanol–water partition coefficient (Wildman–Crippen LogP) is 2.47. The van der Waals surface area contributed by atoms with Crippen LogP contribution in [-0.2, 0) is 9.47 Å². The predicted molar refractivity (Wildman–Crippen MR) is 116 cm³/mol. The summed E-state index contributed by atoms with van der Waals surface area (Å²) in [6, 6.07) is 0. The van der Waals surface area contributed by atoms with Gasteiger partial charge >= 0.3 is 0 Å². The fourth-order valence-corrected chi connectivity index (χ4v) is 2.98. The second-order valence-electron chi connectivity index (χ2n) is 7.23. The molecule has 1 aliphatic heterocycles. The minimum absolute atomic E-state index is 0. The zero-order valence-corrected chi connectivity index (χ0v) is 19.3. The van der Waals surface area contributed by atoms with Crippen LogP contribution in [-0.4, -0.2) is 75.0 Å². The monoisotopic (exact) mass is 470 g/mol. The first-order chi connectivity index (χ1) is 11.4. The van der Waals surface area contributed by atoms with Crippen molar-refractivity contribution >= 4 is 29.9 Å². The summed E-state index contributed by atoms with van der Waals surface area (Å²) in [5.41, 5.74) is 0.0545. The molecule has 0 aliphatic carbocycles. The topological polar surface area (TPSA) is 58.1 Å². The molecule has 2 atom stereocenters. The van der Waals surface area contributed by atoms with Crippen molar-refractivity contribution in [2.24, 2.45) is 4.99 Å². The van der Waals surface area contributed by atoms with Crippen molar-refractivity contribution in [2.45, 2.75) is 65.2 Å². The zero-order valence-electron chi connectivity index (χ0n) is 16.9. The normalized spacial score (nSPS) is 22.4. The quantitative estimate of drug-likeness (QED) is 0.235. The van der Waals surface area contributed by atoms with E-state index in [9.17, 15) is 0 Å². The Bertz CT molecular complexity index is 370. The van der Waals surface area contributed by atoms with Crippen molar-refractivity contribution < 1.29 is 9.47 Å². The molecular weight excluding hydrogens is 431 g/mol. The van der Waals surface area contributed by atoms with Gasteiger partial charge in [0.1, 0.15) is 0 Å². The summed E-state index contributed by atoms with van der Waals surface area (Å²) >= 11 is 0. The minimum Gasteiger partial charge on any atom is -0.382 e. The van der Waals surface area contributed by atoms with E-state index in [1.807, 2.05) is 14.0 Å². The number of ether oxygens (including phenoxy) is 2. The number of aliphatic imine (C=N–C) groups is 1. The van der Waals surface area contributed by atoms with E-state index in [1.165, 1.54) is 0 Å². The van der Waals surface area contributed by atoms with Gasteiger partial charge in [-0.2, -0.15) is 0 Å². The van der Waals surface area contributed by atoms with Crippen molar-refractivity contribution in [3.8, 4) is 0 Å². The number of morpholine rings is 1. The van der Waals surface area contributed by atoms with Crippen LogP contribution >= 0.6 is 24.0 Å². The maximum absolute atomic E-state index is 5.84. The number of hydrogen-bond donors (Lipinski definition) is 2. The summed E-state index contributed by atoms with van der Waals surface area (Å²) in [4.78, 5) is 6.83. The molecule has 0 aromatic rings. The lowest BCUT2D eigenvalue weighted by Crippen LogP contribution is -2.59. The van der Waals surface area contributed by atoms with Crippen LogP contribution in [0.1, 0.15) is 47.5 Å². The first-order valence-corrected chi connectivity index (χ1v) is 9.31. The van der Waals surface area contributed by atoms with Gasteiger partial charge < -0.3 is 20.1 Å². The number of hydrogen-bond acceptors (Lipinski definition) is 4. The Morgan fingerprint density at radius 1 is 1.20 bits per heavy atom. The zero-order chi connectivity index (χ0) is 18.0. The maximum Gasteiger partial charge on any atom is 0.191 e. The fraction of sp³-hybridized carbons (Fsp3) is 0.944. The molecule has 25 heavy (non-hydrogen) atoms. The molecule has 6 nitrogen and oxygen atoms in total. The van der Waals surface area contributed by atoms with Crippen LogP contribution < -0.4 is 10.6 Å². The van der Waals surface area contributed by atoms with Crippen LogP contribution in [0.3, 0.4) is 0 Å². The van der Waals surface area contributed by atoms with Crippen molar-refractivity contribution in [1.82, 2.24) is 15.5 Å². The van der Waals surface area contributed by atoms with Crippen molar-refractivity contribution in [1.29, 1.82) is 0 Å². The minimum atomic E-state index is 0. The highest BCUT2D eigenvalue weighted by Crippen LogP contribution is 2.20. The summed E-state index contributed by atoms with van der Waals surface area (Å²) < 4.78 is 11.2. The smallest absolute Gasteiger partial charge is 0.191 e.